The number of hydrogen-bond donors (Lipinski definition) is 5. The molecule has 2 atom stereocenters. The molecule has 25 heavy (non-hydrogen) atoms. The predicted molar refractivity (Wildman–Crippen MR) is 93.6 cm³/mol. The molecule has 1 rings (SSSR count). The quantitative estimate of drug-likeness (QED) is 0.336. The second kappa shape index (κ2) is 11.2. The Kier molecular flexibility index (Phi) is 9.20. The zero-order valence-corrected chi connectivity index (χ0v) is 14.1. The van der Waals surface area contributed by atoms with Gasteiger partial charge in [-0.2, -0.15) is 0 Å². The number of hydrogen-bond acceptors (Lipinski definition) is 5. The number of carbonyl (C=O) groups excluding carboxylic acids is 2. The molecule has 8 nitrogen and oxygen atoms in total. The number of carboxylic acid groups (broad SMARTS) is 1. The van der Waals surface area contributed by atoms with E-state index in [9.17, 15) is 19.5 Å². The Morgan fingerprint density at radius 1 is 1.12 bits per heavy atom. The van der Waals surface area contributed by atoms with Crippen molar-refractivity contribution in [1.29, 1.82) is 0 Å². The van der Waals surface area contributed by atoms with Crippen LogP contribution in [-0.2, 0) is 20.8 Å². The van der Waals surface area contributed by atoms with Gasteiger partial charge >= 0.3 is 5.97 Å². The van der Waals surface area contributed by atoms with E-state index in [1.54, 1.807) is 24.3 Å². The molecule has 0 saturated heterocycles. The predicted octanol–water partition coefficient (Wildman–Crippen LogP) is -0.629. The van der Waals surface area contributed by atoms with Crippen LogP contribution in [0.15, 0.2) is 30.3 Å². The molecule has 1 aromatic carbocycles. The highest BCUT2D eigenvalue weighted by molar-refractivity contribution is 5.89. The Balaban J connectivity index is 2.42. The van der Waals surface area contributed by atoms with Gasteiger partial charge in [-0.05, 0) is 24.9 Å². The van der Waals surface area contributed by atoms with Crippen LogP contribution in [0.25, 0.3) is 0 Å². The maximum absolute atomic E-state index is 11.9. The number of benzene rings is 1. The highest BCUT2D eigenvalue weighted by Gasteiger charge is 2.21. The fraction of sp³-hybridized carbons (Fsp3) is 0.471. The first-order valence-electron chi connectivity index (χ1n) is 8.23. The van der Waals surface area contributed by atoms with Crippen LogP contribution in [0.3, 0.4) is 0 Å². The molecular formula is C17H26N4O4. The average Bonchev–Trinajstić information content (AvgIpc) is 2.60. The highest BCUT2D eigenvalue weighted by Crippen LogP contribution is 2.03. The summed E-state index contributed by atoms with van der Waals surface area (Å²) in [5.41, 5.74) is 11.9. The molecule has 8 heteroatoms. The van der Waals surface area contributed by atoms with Crippen LogP contribution < -0.4 is 22.1 Å². The lowest BCUT2D eigenvalue weighted by Crippen LogP contribution is -2.49. The summed E-state index contributed by atoms with van der Waals surface area (Å²) in [5.74, 6) is -2.16. The van der Waals surface area contributed by atoms with Gasteiger partial charge in [-0.1, -0.05) is 36.8 Å². The summed E-state index contributed by atoms with van der Waals surface area (Å²) in [4.78, 5) is 35.0. The molecule has 0 bridgehead atoms. The normalized spacial score (nSPS) is 12.9. The first kappa shape index (κ1) is 20.6. The number of rotatable bonds is 11. The lowest BCUT2D eigenvalue weighted by atomic mass is 10.1. The van der Waals surface area contributed by atoms with Crippen molar-refractivity contribution in [2.24, 2.45) is 11.5 Å². The van der Waals surface area contributed by atoms with Crippen LogP contribution in [-0.4, -0.2) is 48.1 Å². The van der Waals surface area contributed by atoms with E-state index in [0.717, 1.165) is 18.4 Å². The Morgan fingerprint density at radius 3 is 2.40 bits per heavy atom. The molecule has 138 valence electrons. The van der Waals surface area contributed by atoms with Gasteiger partial charge < -0.3 is 27.2 Å². The van der Waals surface area contributed by atoms with Gasteiger partial charge in [0.1, 0.15) is 6.04 Å². The lowest BCUT2D eigenvalue weighted by molar-refractivity contribution is -0.141. The summed E-state index contributed by atoms with van der Waals surface area (Å²) in [6.45, 7) is 0.219. The molecule has 7 N–H and O–H groups in total. The van der Waals surface area contributed by atoms with E-state index >= 15 is 0 Å². The van der Waals surface area contributed by atoms with Crippen molar-refractivity contribution < 1.29 is 19.5 Å². The van der Waals surface area contributed by atoms with Gasteiger partial charge in [0.15, 0.2) is 0 Å². The number of nitrogens with two attached hydrogens (primary N) is 2. The van der Waals surface area contributed by atoms with E-state index in [2.05, 4.69) is 10.6 Å². The smallest absolute Gasteiger partial charge is 0.326 e. The topological polar surface area (TPSA) is 148 Å². The molecule has 0 radical (unpaired) electrons. The Bertz CT molecular complexity index is 565. The van der Waals surface area contributed by atoms with Gasteiger partial charge in [0.05, 0.1) is 12.6 Å². The largest absolute Gasteiger partial charge is 0.480 e. The fourth-order valence-electron chi connectivity index (χ4n) is 2.23. The average molecular weight is 350 g/mol. The Labute approximate surface area is 147 Å². The van der Waals surface area contributed by atoms with E-state index in [4.69, 9.17) is 11.5 Å². The summed E-state index contributed by atoms with van der Waals surface area (Å²) in [7, 11) is 0. The van der Waals surface area contributed by atoms with Crippen LogP contribution in [0, 0.1) is 0 Å². The van der Waals surface area contributed by atoms with Crippen molar-refractivity contribution in [1.82, 2.24) is 10.6 Å². The third-order valence-corrected chi connectivity index (χ3v) is 3.65. The summed E-state index contributed by atoms with van der Waals surface area (Å²) >= 11 is 0. The molecule has 0 aliphatic carbocycles. The number of carbonyl (C=O) groups is 3. The molecule has 0 aliphatic heterocycles. The van der Waals surface area contributed by atoms with Crippen molar-refractivity contribution in [2.75, 3.05) is 13.1 Å². The third-order valence-electron chi connectivity index (χ3n) is 3.65. The van der Waals surface area contributed by atoms with Crippen LogP contribution in [0.2, 0.25) is 0 Å². The van der Waals surface area contributed by atoms with Gasteiger partial charge in [-0.3, -0.25) is 9.59 Å². The first-order chi connectivity index (χ1) is 11.9. The summed E-state index contributed by atoms with van der Waals surface area (Å²) in [6, 6.07) is 7.20. The number of carboxylic acids is 1. The van der Waals surface area contributed by atoms with Crippen LogP contribution in [0.1, 0.15) is 24.8 Å². The molecular weight excluding hydrogens is 324 g/mol. The van der Waals surface area contributed by atoms with E-state index in [1.807, 2.05) is 6.07 Å². The maximum atomic E-state index is 11.9. The van der Waals surface area contributed by atoms with E-state index in [1.165, 1.54) is 0 Å². The van der Waals surface area contributed by atoms with Crippen molar-refractivity contribution in [3.05, 3.63) is 35.9 Å². The number of unbranched alkanes of at least 4 members (excludes halogenated alkanes) is 1. The van der Waals surface area contributed by atoms with Crippen molar-refractivity contribution in [3.63, 3.8) is 0 Å². The minimum atomic E-state index is -1.14. The third kappa shape index (κ3) is 8.27. The Morgan fingerprint density at radius 2 is 1.80 bits per heavy atom. The first-order valence-corrected chi connectivity index (χ1v) is 8.23. The Hall–Kier alpha value is -2.45. The minimum absolute atomic E-state index is 0.161. The van der Waals surface area contributed by atoms with Gasteiger partial charge in [-0.15, -0.1) is 0 Å². The van der Waals surface area contributed by atoms with Gasteiger partial charge in [0.25, 0.3) is 0 Å². The monoisotopic (exact) mass is 350 g/mol. The minimum Gasteiger partial charge on any atom is -0.480 e. The molecule has 0 aromatic heterocycles. The highest BCUT2D eigenvalue weighted by atomic mass is 16.4. The van der Waals surface area contributed by atoms with Crippen molar-refractivity contribution in [3.8, 4) is 0 Å². The number of aliphatic carboxylic acids is 1. The van der Waals surface area contributed by atoms with E-state index < -0.39 is 29.9 Å². The van der Waals surface area contributed by atoms with Crippen molar-refractivity contribution >= 4 is 17.8 Å². The number of nitrogens with one attached hydrogen (secondary N) is 2. The number of amides is 2. The zero-order chi connectivity index (χ0) is 18.7. The van der Waals surface area contributed by atoms with E-state index in [-0.39, 0.29) is 13.0 Å². The summed E-state index contributed by atoms with van der Waals surface area (Å²) in [5, 5.41) is 14.1. The van der Waals surface area contributed by atoms with Crippen LogP contribution >= 0.6 is 0 Å². The molecule has 2 amide bonds. The second-order valence-corrected chi connectivity index (χ2v) is 5.76. The molecule has 1 aromatic rings. The molecule has 0 heterocycles. The molecule has 0 saturated carbocycles. The van der Waals surface area contributed by atoms with E-state index in [0.29, 0.717) is 13.0 Å². The standard InChI is InChI=1S/C17H26N4O4/c18-9-5-4-8-13(19)16(23)20-11-15(22)21-14(17(24)25)10-12-6-2-1-3-7-12/h1-3,6-7,13-14H,4-5,8-11,18-19H2,(H,20,23)(H,21,22)(H,24,25)/t13-,14+/m1/s1. The van der Waals surface area contributed by atoms with Gasteiger partial charge in [0, 0.05) is 6.42 Å². The van der Waals surface area contributed by atoms with Crippen molar-refractivity contribution in [2.45, 2.75) is 37.8 Å². The van der Waals surface area contributed by atoms with Crippen LogP contribution in [0.5, 0.6) is 0 Å². The second-order valence-electron chi connectivity index (χ2n) is 5.76. The lowest BCUT2D eigenvalue weighted by Gasteiger charge is -2.16. The zero-order valence-electron chi connectivity index (χ0n) is 14.1. The van der Waals surface area contributed by atoms with Gasteiger partial charge in [-0.25, -0.2) is 4.79 Å². The molecule has 0 fully saturated rings. The maximum Gasteiger partial charge on any atom is 0.326 e. The van der Waals surface area contributed by atoms with Crippen LogP contribution in [0.4, 0.5) is 0 Å². The molecule has 0 unspecified atom stereocenters. The molecule has 0 aliphatic rings. The summed E-state index contributed by atoms with van der Waals surface area (Å²) in [6.07, 6.45) is 2.15. The fourth-order valence-corrected chi connectivity index (χ4v) is 2.23. The van der Waals surface area contributed by atoms with Gasteiger partial charge in [0.2, 0.25) is 11.8 Å². The molecule has 0 spiro atoms. The SMILES string of the molecule is NCCCC[C@@H](N)C(=O)NCC(=O)N[C@@H](Cc1ccccc1)C(=O)O. The summed E-state index contributed by atoms with van der Waals surface area (Å²) < 4.78 is 0.